The van der Waals surface area contributed by atoms with Crippen molar-refractivity contribution in [3.05, 3.63) is 29.8 Å². The van der Waals surface area contributed by atoms with Crippen LogP contribution in [0, 0.1) is 5.92 Å². The van der Waals surface area contributed by atoms with Crippen LogP contribution in [-0.2, 0) is 0 Å². The molecule has 0 aromatic heterocycles. The van der Waals surface area contributed by atoms with Gasteiger partial charge in [-0.15, -0.1) is 0 Å². The molecule has 128 valence electrons. The maximum absolute atomic E-state index is 12.5. The molecule has 1 heterocycles. The number of likely N-dealkylation sites (tertiary alicyclic amines) is 1. The number of amides is 2. The molecule has 2 amide bonds. The largest absolute Gasteiger partial charge is 0.324 e. The van der Waals surface area contributed by atoms with Crippen molar-refractivity contribution in [1.82, 2.24) is 9.80 Å². The second-order valence-electron chi connectivity index (χ2n) is 6.39. The minimum absolute atomic E-state index is 0.0283. The predicted molar refractivity (Wildman–Crippen MR) is 100 cm³/mol. The molecule has 2 rings (SSSR count). The molecule has 0 spiro atoms. The number of anilines is 1. The monoisotopic (exact) mass is 335 g/mol. The van der Waals surface area contributed by atoms with Gasteiger partial charge in [0.05, 0.1) is 0 Å². The lowest BCUT2D eigenvalue weighted by Crippen LogP contribution is -2.34. The molecule has 1 aliphatic rings. The Labute approximate surface area is 144 Å². The van der Waals surface area contributed by atoms with Gasteiger partial charge in [0, 0.05) is 30.6 Å². The Morgan fingerprint density at radius 3 is 3.00 bits per heavy atom. The van der Waals surface area contributed by atoms with Gasteiger partial charge in [0.25, 0.3) is 0 Å². The minimum atomic E-state index is 0.0283. The number of hydrogen-bond donors (Lipinski definition) is 1. The van der Waals surface area contributed by atoms with E-state index in [-0.39, 0.29) is 6.03 Å². The Balaban J connectivity index is 1.90. The summed E-state index contributed by atoms with van der Waals surface area (Å²) in [6.07, 6.45) is 3.20. The molecule has 0 unspecified atom stereocenters. The first-order valence-electron chi connectivity index (χ1n) is 8.40. The summed E-state index contributed by atoms with van der Waals surface area (Å²) >= 11 is 1.81. The molecule has 0 aliphatic carbocycles. The van der Waals surface area contributed by atoms with Crippen LogP contribution in [0.25, 0.3) is 0 Å². The lowest BCUT2D eigenvalue weighted by molar-refractivity contribution is 0.218. The first-order valence-corrected chi connectivity index (χ1v) is 9.69. The Hall–Kier alpha value is -1.20. The number of rotatable bonds is 6. The fourth-order valence-corrected chi connectivity index (χ4v) is 3.36. The Morgan fingerprint density at radius 1 is 1.52 bits per heavy atom. The number of carbonyl (C=O) groups excluding carboxylic acids is 1. The molecule has 0 radical (unpaired) electrons. The van der Waals surface area contributed by atoms with E-state index < -0.39 is 0 Å². The normalized spacial score (nSPS) is 19.2. The standard InChI is InChI=1S/C18H29N3OS/c1-5-20(3)12-15-9-10-21(13-15)18(22)19-17-8-6-7-16(11-17)14(2)23-4/h6-8,11,14-15H,5,9-10,12-13H2,1-4H3,(H,19,22)/t14-,15-/m0/s1. The number of nitrogens with one attached hydrogen (secondary N) is 1. The van der Waals surface area contributed by atoms with Crippen molar-refractivity contribution in [3.63, 3.8) is 0 Å². The van der Waals surface area contributed by atoms with Crippen LogP contribution in [0.4, 0.5) is 10.5 Å². The van der Waals surface area contributed by atoms with Crippen LogP contribution in [0.5, 0.6) is 0 Å². The first-order chi connectivity index (χ1) is 11.0. The van der Waals surface area contributed by atoms with Crippen LogP contribution in [0.2, 0.25) is 0 Å². The summed E-state index contributed by atoms with van der Waals surface area (Å²) in [5, 5.41) is 3.49. The van der Waals surface area contributed by atoms with E-state index in [4.69, 9.17) is 0 Å². The zero-order valence-corrected chi connectivity index (χ0v) is 15.5. The van der Waals surface area contributed by atoms with Crippen molar-refractivity contribution >= 4 is 23.5 Å². The number of carbonyl (C=O) groups is 1. The first kappa shape index (κ1) is 18.1. The molecule has 5 heteroatoms. The van der Waals surface area contributed by atoms with Gasteiger partial charge in [-0.05, 0) is 56.8 Å². The molecule has 1 aromatic rings. The van der Waals surface area contributed by atoms with E-state index in [1.54, 1.807) is 0 Å². The molecule has 4 nitrogen and oxygen atoms in total. The summed E-state index contributed by atoms with van der Waals surface area (Å²) < 4.78 is 0. The van der Waals surface area contributed by atoms with Crippen molar-refractivity contribution < 1.29 is 4.79 Å². The van der Waals surface area contributed by atoms with E-state index in [0.717, 1.165) is 38.3 Å². The summed E-state index contributed by atoms with van der Waals surface area (Å²) in [7, 11) is 2.14. The third kappa shape index (κ3) is 5.15. The smallest absolute Gasteiger partial charge is 0.321 e. The van der Waals surface area contributed by atoms with Crippen LogP contribution in [-0.4, -0.2) is 55.3 Å². The summed E-state index contributed by atoms with van der Waals surface area (Å²) in [5.74, 6) is 0.591. The second kappa shape index (κ2) is 8.60. The van der Waals surface area contributed by atoms with E-state index in [1.165, 1.54) is 5.56 Å². The average molecular weight is 336 g/mol. The molecule has 1 saturated heterocycles. The Morgan fingerprint density at radius 2 is 2.30 bits per heavy atom. The van der Waals surface area contributed by atoms with Gasteiger partial charge < -0.3 is 15.1 Å². The van der Waals surface area contributed by atoms with Crippen molar-refractivity contribution in [1.29, 1.82) is 0 Å². The van der Waals surface area contributed by atoms with E-state index in [1.807, 2.05) is 28.8 Å². The SMILES string of the molecule is CCN(C)C[C@@H]1CCN(C(=O)Nc2cccc([C@H](C)SC)c2)C1. The predicted octanol–water partition coefficient (Wildman–Crippen LogP) is 3.92. The van der Waals surface area contributed by atoms with Crippen molar-refractivity contribution in [2.45, 2.75) is 25.5 Å². The molecule has 1 aromatic carbocycles. The van der Waals surface area contributed by atoms with Crippen LogP contribution in [0.1, 0.15) is 31.1 Å². The maximum Gasteiger partial charge on any atom is 0.321 e. The number of nitrogens with zero attached hydrogens (tertiary/aromatic N) is 2. The van der Waals surface area contributed by atoms with Crippen LogP contribution >= 0.6 is 11.8 Å². The number of benzene rings is 1. The number of thioether (sulfide) groups is 1. The van der Waals surface area contributed by atoms with Gasteiger partial charge in [-0.3, -0.25) is 0 Å². The minimum Gasteiger partial charge on any atom is -0.324 e. The van der Waals surface area contributed by atoms with Crippen LogP contribution < -0.4 is 5.32 Å². The fourth-order valence-electron chi connectivity index (χ4n) is 2.94. The molecular formula is C18H29N3OS. The number of hydrogen-bond acceptors (Lipinski definition) is 3. The van der Waals surface area contributed by atoms with Gasteiger partial charge in [-0.2, -0.15) is 11.8 Å². The average Bonchev–Trinajstić information content (AvgIpc) is 3.02. The van der Waals surface area contributed by atoms with Gasteiger partial charge >= 0.3 is 6.03 Å². The molecule has 1 aliphatic heterocycles. The molecule has 0 bridgehead atoms. The Kier molecular flexibility index (Phi) is 6.78. The topological polar surface area (TPSA) is 35.6 Å². The molecular weight excluding hydrogens is 306 g/mol. The zero-order chi connectivity index (χ0) is 16.8. The van der Waals surface area contributed by atoms with Crippen molar-refractivity contribution in [2.24, 2.45) is 5.92 Å². The lowest BCUT2D eigenvalue weighted by Gasteiger charge is -2.20. The highest BCUT2D eigenvalue weighted by Crippen LogP contribution is 2.27. The summed E-state index contributed by atoms with van der Waals surface area (Å²) in [5.41, 5.74) is 2.14. The summed E-state index contributed by atoms with van der Waals surface area (Å²) in [6.45, 7) is 8.19. The van der Waals surface area contributed by atoms with E-state index in [2.05, 4.69) is 49.5 Å². The Bertz CT molecular complexity index is 523. The molecule has 2 atom stereocenters. The highest BCUT2D eigenvalue weighted by molar-refractivity contribution is 7.98. The van der Waals surface area contributed by atoms with Gasteiger partial charge in [-0.1, -0.05) is 19.1 Å². The second-order valence-corrected chi connectivity index (χ2v) is 7.57. The van der Waals surface area contributed by atoms with Gasteiger partial charge in [-0.25, -0.2) is 4.79 Å². The zero-order valence-electron chi connectivity index (χ0n) is 14.7. The molecule has 0 saturated carbocycles. The lowest BCUT2D eigenvalue weighted by atomic mass is 10.1. The number of urea groups is 1. The molecule has 23 heavy (non-hydrogen) atoms. The van der Waals surface area contributed by atoms with E-state index in [9.17, 15) is 4.79 Å². The van der Waals surface area contributed by atoms with Crippen molar-refractivity contribution in [3.8, 4) is 0 Å². The van der Waals surface area contributed by atoms with E-state index in [0.29, 0.717) is 11.2 Å². The van der Waals surface area contributed by atoms with Crippen LogP contribution in [0.15, 0.2) is 24.3 Å². The summed E-state index contributed by atoms with van der Waals surface area (Å²) in [6, 6.07) is 8.20. The molecule has 1 fully saturated rings. The van der Waals surface area contributed by atoms with Crippen molar-refractivity contribution in [2.75, 3.05) is 44.8 Å². The third-order valence-corrected chi connectivity index (χ3v) is 5.62. The quantitative estimate of drug-likeness (QED) is 0.856. The third-order valence-electron chi connectivity index (χ3n) is 4.64. The highest BCUT2D eigenvalue weighted by Gasteiger charge is 2.26. The molecule has 1 N–H and O–H groups in total. The van der Waals surface area contributed by atoms with E-state index >= 15 is 0 Å². The van der Waals surface area contributed by atoms with Gasteiger partial charge in [0.15, 0.2) is 0 Å². The summed E-state index contributed by atoms with van der Waals surface area (Å²) in [4.78, 5) is 16.7. The highest BCUT2D eigenvalue weighted by atomic mass is 32.2. The van der Waals surface area contributed by atoms with Gasteiger partial charge in [0.1, 0.15) is 0 Å². The fraction of sp³-hybridized carbons (Fsp3) is 0.611. The van der Waals surface area contributed by atoms with Crippen LogP contribution in [0.3, 0.4) is 0 Å². The maximum atomic E-state index is 12.5. The van der Waals surface area contributed by atoms with Gasteiger partial charge in [0.2, 0.25) is 0 Å².